The molecule has 0 bridgehead atoms. The maximum absolute atomic E-state index is 11.5. The third-order valence-electron chi connectivity index (χ3n) is 3.56. The van der Waals surface area contributed by atoms with E-state index in [4.69, 9.17) is 0 Å². The summed E-state index contributed by atoms with van der Waals surface area (Å²) in [6, 6.07) is 9.18. The van der Waals surface area contributed by atoms with Crippen LogP contribution in [0.3, 0.4) is 0 Å². The Hall–Kier alpha value is -1.35. The summed E-state index contributed by atoms with van der Waals surface area (Å²) < 4.78 is 0. The molecule has 3 heteroatoms. The summed E-state index contributed by atoms with van der Waals surface area (Å²) in [7, 11) is 0. The van der Waals surface area contributed by atoms with Gasteiger partial charge in [-0.1, -0.05) is 24.3 Å². The van der Waals surface area contributed by atoms with Gasteiger partial charge in [0.2, 0.25) is 5.91 Å². The van der Waals surface area contributed by atoms with Gasteiger partial charge in [0.15, 0.2) is 0 Å². The summed E-state index contributed by atoms with van der Waals surface area (Å²) in [6.45, 7) is 1.20. The van der Waals surface area contributed by atoms with Gasteiger partial charge < -0.3 is 10.6 Å². The second-order valence-corrected chi connectivity index (χ2v) is 5.46. The van der Waals surface area contributed by atoms with Crippen molar-refractivity contribution in [3.63, 3.8) is 0 Å². The van der Waals surface area contributed by atoms with E-state index >= 15 is 0 Å². The predicted octanol–water partition coefficient (Wildman–Crippen LogP) is 1.93. The Labute approximate surface area is 108 Å². The third-order valence-corrected chi connectivity index (χ3v) is 3.56. The number of hydrogen-bond acceptors (Lipinski definition) is 2. The van der Waals surface area contributed by atoms with Gasteiger partial charge in [-0.3, -0.25) is 4.79 Å². The van der Waals surface area contributed by atoms with Crippen molar-refractivity contribution in [1.29, 1.82) is 0 Å². The van der Waals surface area contributed by atoms with E-state index in [0.717, 1.165) is 25.3 Å². The van der Waals surface area contributed by atoms with Crippen molar-refractivity contribution in [3.8, 4) is 0 Å². The molecule has 2 saturated carbocycles. The molecular weight excluding hydrogens is 224 g/mol. The number of benzene rings is 1. The molecule has 2 N–H and O–H groups in total. The van der Waals surface area contributed by atoms with Gasteiger partial charge in [-0.15, -0.1) is 0 Å². The van der Waals surface area contributed by atoms with Crippen molar-refractivity contribution >= 4 is 5.91 Å². The Morgan fingerprint density at radius 3 is 2.78 bits per heavy atom. The monoisotopic (exact) mass is 244 g/mol. The molecule has 0 unspecified atom stereocenters. The highest BCUT2D eigenvalue weighted by Crippen LogP contribution is 2.40. The average Bonchev–Trinajstić information content (AvgIpc) is 3.24. The molecule has 0 aliphatic heterocycles. The topological polar surface area (TPSA) is 41.1 Å². The van der Waals surface area contributed by atoms with Crippen molar-refractivity contribution in [2.45, 2.75) is 44.2 Å². The highest BCUT2D eigenvalue weighted by atomic mass is 16.2. The fraction of sp³-hybridized carbons (Fsp3) is 0.533. The molecule has 2 aliphatic rings. The molecule has 0 saturated heterocycles. The molecule has 1 aromatic carbocycles. The highest BCUT2D eigenvalue weighted by molar-refractivity contribution is 5.78. The van der Waals surface area contributed by atoms with E-state index in [-0.39, 0.29) is 5.91 Å². The van der Waals surface area contributed by atoms with Crippen LogP contribution in [0.15, 0.2) is 24.3 Å². The molecule has 2 aliphatic carbocycles. The van der Waals surface area contributed by atoms with E-state index in [0.29, 0.717) is 12.6 Å². The molecule has 2 fully saturated rings. The lowest BCUT2D eigenvalue weighted by molar-refractivity contribution is -0.120. The lowest BCUT2D eigenvalue weighted by atomic mass is 10.1. The molecule has 18 heavy (non-hydrogen) atoms. The van der Waals surface area contributed by atoms with E-state index in [1.165, 1.54) is 24.0 Å². The molecule has 0 atom stereocenters. The Kier molecular flexibility index (Phi) is 3.33. The number of rotatable bonds is 6. The molecule has 0 radical (unpaired) electrons. The third kappa shape index (κ3) is 3.33. The van der Waals surface area contributed by atoms with Crippen LogP contribution in [0, 0.1) is 0 Å². The van der Waals surface area contributed by atoms with Gasteiger partial charge >= 0.3 is 0 Å². The molecule has 1 aromatic rings. The largest absolute Gasteiger partial charge is 0.352 e. The Morgan fingerprint density at radius 2 is 2.06 bits per heavy atom. The lowest BCUT2D eigenvalue weighted by Crippen LogP contribution is -2.34. The number of hydrogen-bond donors (Lipinski definition) is 2. The number of amides is 1. The van der Waals surface area contributed by atoms with Crippen molar-refractivity contribution in [2.24, 2.45) is 0 Å². The summed E-state index contributed by atoms with van der Waals surface area (Å²) in [6.07, 6.45) is 4.96. The van der Waals surface area contributed by atoms with Crippen LogP contribution in [0.25, 0.3) is 0 Å². The van der Waals surface area contributed by atoms with E-state index < -0.39 is 0 Å². The zero-order valence-electron chi connectivity index (χ0n) is 10.6. The Bertz CT molecular complexity index is 436. The number of carbonyl (C=O) groups is 1. The van der Waals surface area contributed by atoms with Gasteiger partial charge in [-0.25, -0.2) is 0 Å². The van der Waals surface area contributed by atoms with Gasteiger partial charge in [-0.2, -0.15) is 0 Å². The smallest absolute Gasteiger partial charge is 0.234 e. The van der Waals surface area contributed by atoms with Crippen LogP contribution in [0.4, 0.5) is 0 Å². The van der Waals surface area contributed by atoms with Crippen molar-refractivity contribution in [2.75, 3.05) is 6.54 Å². The maximum Gasteiger partial charge on any atom is 0.234 e. The van der Waals surface area contributed by atoms with Crippen LogP contribution in [-0.2, 0) is 11.3 Å². The quantitative estimate of drug-likeness (QED) is 0.803. The Morgan fingerprint density at radius 1 is 1.22 bits per heavy atom. The molecule has 3 rings (SSSR count). The first-order valence-electron chi connectivity index (χ1n) is 6.90. The van der Waals surface area contributed by atoms with E-state index in [1.54, 1.807) is 0 Å². The fourth-order valence-corrected chi connectivity index (χ4v) is 2.20. The van der Waals surface area contributed by atoms with Gasteiger partial charge in [0, 0.05) is 12.6 Å². The number of nitrogens with one attached hydrogen (secondary N) is 2. The molecule has 96 valence electrons. The van der Waals surface area contributed by atoms with Gasteiger partial charge in [0.25, 0.3) is 0 Å². The minimum atomic E-state index is 0.121. The van der Waals surface area contributed by atoms with Gasteiger partial charge in [0.05, 0.1) is 6.54 Å². The fourth-order valence-electron chi connectivity index (χ4n) is 2.20. The standard InChI is InChI=1S/C15H20N2O/c18-15(17-14-6-7-14)10-16-9-11-2-1-3-13(8-11)12-4-5-12/h1-3,8,12,14,16H,4-7,9-10H2,(H,17,18). The molecular formula is C15H20N2O. The minimum absolute atomic E-state index is 0.121. The zero-order valence-corrected chi connectivity index (χ0v) is 10.6. The van der Waals surface area contributed by atoms with E-state index in [2.05, 4.69) is 34.9 Å². The second-order valence-electron chi connectivity index (χ2n) is 5.46. The SMILES string of the molecule is O=C(CNCc1cccc(C2CC2)c1)NC1CC1. The summed E-state index contributed by atoms with van der Waals surface area (Å²) in [5.74, 6) is 0.916. The molecule has 0 aromatic heterocycles. The van der Waals surface area contributed by atoms with Crippen LogP contribution in [0.1, 0.15) is 42.7 Å². The number of carbonyl (C=O) groups excluding carboxylic acids is 1. The summed E-state index contributed by atoms with van der Waals surface area (Å²) in [5, 5.41) is 6.19. The first kappa shape index (κ1) is 11.7. The normalized spacial score (nSPS) is 18.7. The van der Waals surface area contributed by atoms with Crippen molar-refractivity contribution in [3.05, 3.63) is 35.4 Å². The van der Waals surface area contributed by atoms with Crippen molar-refractivity contribution in [1.82, 2.24) is 10.6 Å². The predicted molar refractivity (Wildman–Crippen MR) is 71.3 cm³/mol. The van der Waals surface area contributed by atoms with Crippen LogP contribution in [0.2, 0.25) is 0 Å². The molecule has 0 spiro atoms. The first-order chi connectivity index (χ1) is 8.81. The van der Waals surface area contributed by atoms with Crippen LogP contribution < -0.4 is 10.6 Å². The summed E-state index contributed by atoms with van der Waals surface area (Å²) in [5.41, 5.74) is 2.73. The molecule has 1 amide bonds. The van der Waals surface area contributed by atoms with E-state index in [1.807, 2.05) is 0 Å². The Balaban J connectivity index is 1.44. The van der Waals surface area contributed by atoms with Crippen LogP contribution >= 0.6 is 0 Å². The average molecular weight is 244 g/mol. The van der Waals surface area contributed by atoms with Crippen molar-refractivity contribution < 1.29 is 4.79 Å². The highest BCUT2D eigenvalue weighted by Gasteiger charge is 2.23. The summed E-state index contributed by atoms with van der Waals surface area (Å²) >= 11 is 0. The molecule has 3 nitrogen and oxygen atoms in total. The zero-order chi connectivity index (χ0) is 12.4. The lowest BCUT2D eigenvalue weighted by Gasteiger charge is -2.07. The minimum Gasteiger partial charge on any atom is -0.352 e. The van der Waals surface area contributed by atoms with Crippen LogP contribution in [-0.4, -0.2) is 18.5 Å². The molecule has 0 heterocycles. The van der Waals surface area contributed by atoms with Gasteiger partial charge in [0.1, 0.15) is 0 Å². The first-order valence-corrected chi connectivity index (χ1v) is 6.90. The van der Waals surface area contributed by atoms with Gasteiger partial charge in [-0.05, 0) is 42.7 Å². The van der Waals surface area contributed by atoms with Crippen LogP contribution in [0.5, 0.6) is 0 Å². The maximum atomic E-state index is 11.5. The van der Waals surface area contributed by atoms with E-state index in [9.17, 15) is 4.79 Å². The summed E-state index contributed by atoms with van der Waals surface area (Å²) in [4.78, 5) is 11.5. The second kappa shape index (κ2) is 5.11.